The molecule has 0 N–H and O–H groups in total. The SMILES string of the molecule is C=CCCC(CCCI)C(=O)OC. The molecule has 0 aromatic rings. The number of carbonyl (C=O) groups excluding carboxylic acids is 1. The molecule has 0 amide bonds. The standard InChI is InChI=1S/C10H17IO2/c1-3-4-6-9(7-5-8-11)10(12)13-2/h3,9H,1,4-8H2,2H3. The predicted molar refractivity (Wildman–Crippen MR) is 63.1 cm³/mol. The van der Waals surface area contributed by atoms with Crippen molar-refractivity contribution in [3.05, 3.63) is 12.7 Å². The third-order valence-corrected chi connectivity index (χ3v) is 2.70. The fraction of sp³-hybridized carbons (Fsp3) is 0.700. The van der Waals surface area contributed by atoms with Crippen molar-refractivity contribution >= 4 is 28.6 Å². The topological polar surface area (TPSA) is 26.3 Å². The summed E-state index contributed by atoms with van der Waals surface area (Å²) in [5.74, 6) is -0.00975. The van der Waals surface area contributed by atoms with Gasteiger partial charge in [-0.15, -0.1) is 6.58 Å². The average molecular weight is 296 g/mol. The van der Waals surface area contributed by atoms with E-state index in [9.17, 15) is 4.79 Å². The van der Waals surface area contributed by atoms with E-state index >= 15 is 0 Å². The molecule has 0 aromatic carbocycles. The molecular weight excluding hydrogens is 279 g/mol. The lowest BCUT2D eigenvalue weighted by molar-refractivity contribution is -0.145. The van der Waals surface area contributed by atoms with E-state index in [0.29, 0.717) is 0 Å². The summed E-state index contributed by atoms with van der Waals surface area (Å²) in [6, 6.07) is 0. The van der Waals surface area contributed by atoms with Gasteiger partial charge in [-0.2, -0.15) is 0 Å². The Labute approximate surface area is 93.9 Å². The van der Waals surface area contributed by atoms with Crippen molar-refractivity contribution in [2.45, 2.75) is 25.7 Å². The zero-order valence-electron chi connectivity index (χ0n) is 8.09. The van der Waals surface area contributed by atoms with E-state index in [2.05, 4.69) is 29.2 Å². The molecule has 1 unspecified atom stereocenters. The molecule has 2 nitrogen and oxygen atoms in total. The molecule has 0 radical (unpaired) electrons. The van der Waals surface area contributed by atoms with Crippen molar-refractivity contribution in [1.29, 1.82) is 0 Å². The molecule has 0 aromatic heterocycles. The Morgan fingerprint density at radius 2 is 2.31 bits per heavy atom. The van der Waals surface area contributed by atoms with Gasteiger partial charge in [0, 0.05) is 0 Å². The molecule has 0 aliphatic carbocycles. The molecule has 13 heavy (non-hydrogen) atoms. The van der Waals surface area contributed by atoms with Crippen LogP contribution in [0.4, 0.5) is 0 Å². The van der Waals surface area contributed by atoms with Crippen LogP contribution in [0.2, 0.25) is 0 Å². The minimum atomic E-state index is -0.0771. The second-order valence-corrected chi connectivity index (χ2v) is 4.00. The number of esters is 1. The first-order chi connectivity index (χ1) is 6.26. The lowest BCUT2D eigenvalue weighted by Crippen LogP contribution is -2.16. The number of halogens is 1. The Morgan fingerprint density at radius 3 is 2.77 bits per heavy atom. The molecule has 0 aliphatic rings. The minimum absolute atomic E-state index is 0.0674. The third kappa shape index (κ3) is 6.07. The smallest absolute Gasteiger partial charge is 0.308 e. The van der Waals surface area contributed by atoms with Crippen molar-refractivity contribution in [3.8, 4) is 0 Å². The van der Waals surface area contributed by atoms with E-state index < -0.39 is 0 Å². The number of hydrogen-bond acceptors (Lipinski definition) is 2. The van der Waals surface area contributed by atoms with Gasteiger partial charge in [0.05, 0.1) is 13.0 Å². The van der Waals surface area contributed by atoms with Gasteiger partial charge in [0.15, 0.2) is 0 Å². The van der Waals surface area contributed by atoms with Crippen LogP contribution in [0.1, 0.15) is 25.7 Å². The summed E-state index contributed by atoms with van der Waals surface area (Å²) in [7, 11) is 1.45. The summed E-state index contributed by atoms with van der Waals surface area (Å²) in [5.41, 5.74) is 0. The fourth-order valence-corrected chi connectivity index (χ4v) is 1.63. The molecule has 0 saturated carbocycles. The van der Waals surface area contributed by atoms with Crippen LogP contribution < -0.4 is 0 Å². The van der Waals surface area contributed by atoms with Crippen LogP contribution in [0, 0.1) is 5.92 Å². The van der Waals surface area contributed by atoms with Gasteiger partial charge in [0.1, 0.15) is 0 Å². The third-order valence-electron chi connectivity index (χ3n) is 1.94. The highest BCUT2D eigenvalue weighted by atomic mass is 127. The first-order valence-electron chi connectivity index (χ1n) is 4.51. The van der Waals surface area contributed by atoms with Crippen LogP contribution in [0.3, 0.4) is 0 Å². The normalized spacial score (nSPS) is 12.2. The van der Waals surface area contributed by atoms with E-state index in [1.165, 1.54) is 7.11 Å². The minimum Gasteiger partial charge on any atom is -0.469 e. The molecule has 0 heterocycles. The zero-order valence-corrected chi connectivity index (χ0v) is 10.2. The van der Waals surface area contributed by atoms with Gasteiger partial charge in [0.25, 0.3) is 0 Å². The zero-order chi connectivity index (χ0) is 10.1. The maximum atomic E-state index is 11.3. The molecule has 3 heteroatoms. The molecule has 0 aliphatic heterocycles. The number of hydrogen-bond donors (Lipinski definition) is 0. The Kier molecular flexibility index (Phi) is 8.49. The molecule has 76 valence electrons. The van der Waals surface area contributed by atoms with E-state index in [1.807, 2.05) is 6.08 Å². The Bertz CT molecular complexity index is 157. The Balaban J connectivity index is 3.86. The molecule has 0 rings (SSSR count). The lowest BCUT2D eigenvalue weighted by atomic mass is 9.98. The highest BCUT2D eigenvalue weighted by Gasteiger charge is 2.17. The van der Waals surface area contributed by atoms with Crippen molar-refractivity contribution in [3.63, 3.8) is 0 Å². The Morgan fingerprint density at radius 1 is 1.62 bits per heavy atom. The molecule has 1 atom stereocenters. The van der Waals surface area contributed by atoms with Gasteiger partial charge in [-0.3, -0.25) is 4.79 Å². The number of rotatable bonds is 7. The Hall–Kier alpha value is -0.0600. The molecular formula is C10H17IO2. The molecule has 0 bridgehead atoms. The predicted octanol–water partition coefficient (Wildman–Crippen LogP) is 2.96. The van der Waals surface area contributed by atoms with Crippen molar-refractivity contribution < 1.29 is 9.53 Å². The van der Waals surface area contributed by atoms with Crippen LogP contribution in [0.25, 0.3) is 0 Å². The van der Waals surface area contributed by atoms with Crippen LogP contribution in [-0.4, -0.2) is 17.5 Å². The summed E-state index contributed by atoms with van der Waals surface area (Å²) in [5, 5.41) is 0. The second-order valence-electron chi connectivity index (χ2n) is 2.92. The van der Waals surface area contributed by atoms with Crippen LogP contribution in [-0.2, 0) is 9.53 Å². The summed E-state index contributed by atoms with van der Waals surface area (Å²) >= 11 is 2.32. The van der Waals surface area contributed by atoms with Crippen molar-refractivity contribution in [2.24, 2.45) is 5.92 Å². The monoisotopic (exact) mass is 296 g/mol. The summed E-state index contributed by atoms with van der Waals surface area (Å²) < 4.78 is 5.83. The summed E-state index contributed by atoms with van der Waals surface area (Å²) in [4.78, 5) is 11.3. The van der Waals surface area contributed by atoms with E-state index in [1.54, 1.807) is 0 Å². The van der Waals surface area contributed by atoms with Gasteiger partial charge in [-0.05, 0) is 30.1 Å². The van der Waals surface area contributed by atoms with E-state index in [0.717, 1.165) is 30.1 Å². The number of carbonyl (C=O) groups is 1. The maximum Gasteiger partial charge on any atom is 0.308 e. The van der Waals surface area contributed by atoms with Crippen molar-refractivity contribution in [2.75, 3.05) is 11.5 Å². The van der Waals surface area contributed by atoms with Crippen LogP contribution in [0.5, 0.6) is 0 Å². The first-order valence-corrected chi connectivity index (χ1v) is 6.03. The van der Waals surface area contributed by atoms with E-state index in [-0.39, 0.29) is 11.9 Å². The van der Waals surface area contributed by atoms with Gasteiger partial charge in [0.2, 0.25) is 0 Å². The summed E-state index contributed by atoms with van der Waals surface area (Å²) in [6.45, 7) is 3.64. The molecule has 0 fully saturated rings. The largest absolute Gasteiger partial charge is 0.469 e. The quantitative estimate of drug-likeness (QED) is 0.312. The number of allylic oxidation sites excluding steroid dienone is 1. The van der Waals surface area contributed by atoms with Crippen LogP contribution in [0.15, 0.2) is 12.7 Å². The highest BCUT2D eigenvalue weighted by Crippen LogP contribution is 2.16. The number of alkyl halides is 1. The number of methoxy groups -OCH3 is 1. The van der Waals surface area contributed by atoms with Crippen molar-refractivity contribution in [1.82, 2.24) is 0 Å². The van der Waals surface area contributed by atoms with Gasteiger partial charge in [-0.25, -0.2) is 0 Å². The highest BCUT2D eigenvalue weighted by molar-refractivity contribution is 14.1. The van der Waals surface area contributed by atoms with Gasteiger partial charge >= 0.3 is 5.97 Å². The maximum absolute atomic E-state index is 11.3. The lowest BCUT2D eigenvalue weighted by Gasteiger charge is -2.12. The first kappa shape index (κ1) is 12.9. The second kappa shape index (κ2) is 8.53. The molecule has 0 spiro atoms. The fourth-order valence-electron chi connectivity index (χ4n) is 1.19. The van der Waals surface area contributed by atoms with Gasteiger partial charge < -0.3 is 4.74 Å². The molecule has 0 saturated heterocycles. The van der Waals surface area contributed by atoms with E-state index in [4.69, 9.17) is 4.74 Å². The summed E-state index contributed by atoms with van der Waals surface area (Å²) in [6.07, 6.45) is 5.62. The van der Waals surface area contributed by atoms with Crippen LogP contribution >= 0.6 is 22.6 Å². The van der Waals surface area contributed by atoms with Gasteiger partial charge in [-0.1, -0.05) is 28.7 Å². The number of ether oxygens (including phenoxy) is 1. The average Bonchev–Trinajstić information content (AvgIpc) is 2.17.